The summed E-state index contributed by atoms with van der Waals surface area (Å²) in [5.41, 5.74) is 7.74. The number of hydrogen-bond acceptors (Lipinski definition) is 4. The van der Waals surface area contributed by atoms with E-state index in [1.54, 1.807) is 0 Å². The van der Waals surface area contributed by atoms with Gasteiger partial charge in [0.1, 0.15) is 0 Å². The predicted molar refractivity (Wildman–Crippen MR) is 79.7 cm³/mol. The Bertz CT molecular complexity index is 472. The number of hydrogen-bond donors (Lipinski definition) is 2. The molecular weight excluding hydrogens is 254 g/mol. The zero-order valence-electron chi connectivity index (χ0n) is 12.8. The molecule has 1 aliphatic heterocycles. The molecule has 1 saturated heterocycles. The number of piperazine rings is 1. The second-order valence-corrected chi connectivity index (χ2v) is 5.98. The first-order valence-electron chi connectivity index (χ1n) is 7.28. The molecule has 0 unspecified atom stereocenters. The van der Waals surface area contributed by atoms with Gasteiger partial charge in [0.15, 0.2) is 5.69 Å². The summed E-state index contributed by atoms with van der Waals surface area (Å²) >= 11 is 0. The van der Waals surface area contributed by atoms with Crippen LogP contribution in [0.15, 0.2) is 0 Å². The van der Waals surface area contributed by atoms with Gasteiger partial charge in [0.25, 0.3) is 5.91 Å². The Hall–Kier alpha value is -1.56. The SMILES string of the molecule is CC(C)c1[nH]nc(C(=O)N2CCN(C(C)C)CC2)c1N. The van der Waals surface area contributed by atoms with Crippen molar-refractivity contribution in [1.29, 1.82) is 0 Å². The molecule has 0 aliphatic carbocycles. The second kappa shape index (κ2) is 5.83. The van der Waals surface area contributed by atoms with E-state index in [0.29, 0.717) is 17.4 Å². The summed E-state index contributed by atoms with van der Waals surface area (Å²) < 4.78 is 0. The summed E-state index contributed by atoms with van der Waals surface area (Å²) in [6, 6.07) is 0.523. The normalized spacial score (nSPS) is 17.2. The van der Waals surface area contributed by atoms with Crippen LogP contribution in [-0.2, 0) is 0 Å². The lowest BCUT2D eigenvalue weighted by Crippen LogP contribution is -2.50. The van der Waals surface area contributed by atoms with Crippen LogP contribution >= 0.6 is 0 Å². The molecule has 1 aromatic heterocycles. The van der Waals surface area contributed by atoms with Crippen LogP contribution in [0.5, 0.6) is 0 Å². The molecule has 1 aromatic rings. The summed E-state index contributed by atoms with van der Waals surface area (Å²) in [6.45, 7) is 11.7. The summed E-state index contributed by atoms with van der Waals surface area (Å²) in [5, 5.41) is 7.00. The maximum atomic E-state index is 12.5. The van der Waals surface area contributed by atoms with Crippen molar-refractivity contribution in [3.05, 3.63) is 11.4 Å². The van der Waals surface area contributed by atoms with Gasteiger partial charge >= 0.3 is 0 Å². The Balaban J connectivity index is 2.06. The lowest BCUT2D eigenvalue weighted by molar-refractivity contribution is 0.0591. The molecule has 20 heavy (non-hydrogen) atoms. The lowest BCUT2D eigenvalue weighted by Gasteiger charge is -2.36. The van der Waals surface area contributed by atoms with Gasteiger partial charge in [0.2, 0.25) is 0 Å². The van der Waals surface area contributed by atoms with Crippen LogP contribution in [0.1, 0.15) is 49.8 Å². The zero-order chi connectivity index (χ0) is 14.9. The molecule has 1 aliphatic rings. The van der Waals surface area contributed by atoms with Crippen LogP contribution in [0.3, 0.4) is 0 Å². The fourth-order valence-electron chi connectivity index (χ4n) is 2.56. The second-order valence-electron chi connectivity index (χ2n) is 5.98. The third kappa shape index (κ3) is 2.80. The predicted octanol–water partition coefficient (Wildman–Crippen LogP) is 1.28. The number of nitrogen functional groups attached to an aromatic ring is 1. The molecule has 0 spiro atoms. The first kappa shape index (κ1) is 14.8. The molecule has 2 rings (SSSR count). The topological polar surface area (TPSA) is 78.2 Å². The standard InChI is InChI=1S/C14H25N5O/c1-9(2)12-11(15)13(17-16-12)14(20)19-7-5-18(6-8-19)10(3)4/h9-10H,5-8,15H2,1-4H3,(H,16,17). The third-order valence-electron chi connectivity index (χ3n) is 3.95. The highest BCUT2D eigenvalue weighted by molar-refractivity contribution is 5.97. The maximum Gasteiger partial charge on any atom is 0.276 e. The van der Waals surface area contributed by atoms with Crippen LogP contribution in [0, 0.1) is 0 Å². The number of rotatable bonds is 3. The molecule has 0 radical (unpaired) electrons. The average Bonchev–Trinajstić information content (AvgIpc) is 2.80. The highest BCUT2D eigenvalue weighted by Gasteiger charge is 2.27. The molecule has 1 amide bonds. The largest absolute Gasteiger partial charge is 0.395 e. The van der Waals surface area contributed by atoms with Crippen molar-refractivity contribution in [2.45, 2.75) is 39.7 Å². The Kier molecular flexibility index (Phi) is 4.32. The Labute approximate surface area is 120 Å². The van der Waals surface area contributed by atoms with Crippen LogP contribution < -0.4 is 5.73 Å². The Morgan fingerprint density at radius 2 is 1.80 bits per heavy atom. The molecule has 1 fully saturated rings. The van der Waals surface area contributed by atoms with Gasteiger partial charge in [-0.25, -0.2) is 0 Å². The van der Waals surface area contributed by atoms with E-state index >= 15 is 0 Å². The number of amides is 1. The van der Waals surface area contributed by atoms with Crippen molar-refractivity contribution >= 4 is 11.6 Å². The van der Waals surface area contributed by atoms with Crippen LogP contribution in [0.4, 0.5) is 5.69 Å². The maximum absolute atomic E-state index is 12.5. The van der Waals surface area contributed by atoms with E-state index in [1.165, 1.54) is 0 Å². The molecule has 0 aromatic carbocycles. The fourth-order valence-corrected chi connectivity index (χ4v) is 2.56. The Morgan fingerprint density at radius 3 is 2.25 bits per heavy atom. The summed E-state index contributed by atoms with van der Waals surface area (Å²) in [6.07, 6.45) is 0. The Morgan fingerprint density at radius 1 is 1.20 bits per heavy atom. The smallest absolute Gasteiger partial charge is 0.276 e. The number of nitrogens with one attached hydrogen (secondary N) is 1. The lowest BCUT2D eigenvalue weighted by atomic mass is 10.1. The van der Waals surface area contributed by atoms with Crippen LogP contribution in [-0.4, -0.2) is 58.1 Å². The highest BCUT2D eigenvalue weighted by Crippen LogP contribution is 2.23. The van der Waals surface area contributed by atoms with Gasteiger partial charge in [-0.15, -0.1) is 0 Å². The van der Waals surface area contributed by atoms with Crippen molar-refractivity contribution in [2.24, 2.45) is 0 Å². The molecule has 6 heteroatoms. The molecule has 0 atom stereocenters. The molecule has 2 heterocycles. The van der Waals surface area contributed by atoms with Gasteiger partial charge in [-0.05, 0) is 19.8 Å². The molecule has 3 N–H and O–H groups in total. The first-order chi connectivity index (χ1) is 9.41. The van der Waals surface area contributed by atoms with E-state index in [1.807, 2.05) is 18.7 Å². The van der Waals surface area contributed by atoms with Gasteiger partial charge < -0.3 is 10.6 Å². The van der Waals surface area contributed by atoms with Gasteiger partial charge in [-0.3, -0.25) is 14.8 Å². The number of H-pyrrole nitrogens is 1. The van der Waals surface area contributed by atoms with E-state index < -0.39 is 0 Å². The van der Waals surface area contributed by atoms with Crippen LogP contribution in [0.25, 0.3) is 0 Å². The van der Waals surface area contributed by atoms with Gasteiger partial charge in [0.05, 0.1) is 11.4 Å². The summed E-state index contributed by atoms with van der Waals surface area (Å²) in [7, 11) is 0. The van der Waals surface area contributed by atoms with E-state index in [4.69, 9.17) is 5.73 Å². The highest BCUT2D eigenvalue weighted by atomic mass is 16.2. The minimum atomic E-state index is -0.0611. The minimum absolute atomic E-state index is 0.0611. The van der Waals surface area contributed by atoms with Crippen LogP contribution in [0.2, 0.25) is 0 Å². The first-order valence-corrected chi connectivity index (χ1v) is 7.28. The van der Waals surface area contributed by atoms with Gasteiger partial charge in [-0.2, -0.15) is 5.10 Å². The van der Waals surface area contributed by atoms with Crippen molar-refractivity contribution in [3.8, 4) is 0 Å². The monoisotopic (exact) mass is 279 g/mol. The summed E-state index contributed by atoms with van der Waals surface area (Å²) in [5.74, 6) is 0.177. The summed E-state index contributed by atoms with van der Waals surface area (Å²) in [4.78, 5) is 16.7. The van der Waals surface area contributed by atoms with E-state index in [-0.39, 0.29) is 11.8 Å². The van der Waals surface area contributed by atoms with E-state index in [2.05, 4.69) is 28.9 Å². The number of nitrogens with two attached hydrogens (primary N) is 1. The van der Waals surface area contributed by atoms with Crippen molar-refractivity contribution in [1.82, 2.24) is 20.0 Å². The number of carbonyl (C=O) groups is 1. The number of aromatic nitrogens is 2. The van der Waals surface area contributed by atoms with Gasteiger partial charge in [-0.1, -0.05) is 13.8 Å². The average molecular weight is 279 g/mol. The molecule has 0 saturated carbocycles. The third-order valence-corrected chi connectivity index (χ3v) is 3.95. The number of nitrogens with zero attached hydrogens (tertiary/aromatic N) is 3. The molecular formula is C14H25N5O. The van der Waals surface area contributed by atoms with Gasteiger partial charge in [0, 0.05) is 32.2 Å². The quantitative estimate of drug-likeness (QED) is 0.873. The molecule has 0 bridgehead atoms. The zero-order valence-corrected chi connectivity index (χ0v) is 12.8. The van der Waals surface area contributed by atoms with E-state index in [0.717, 1.165) is 31.9 Å². The fraction of sp³-hybridized carbons (Fsp3) is 0.714. The van der Waals surface area contributed by atoms with Crippen molar-refractivity contribution in [3.63, 3.8) is 0 Å². The van der Waals surface area contributed by atoms with Crippen molar-refractivity contribution < 1.29 is 4.79 Å². The number of anilines is 1. The number of carbonyl (C=O) groups excluding carboxylic acids is 1. The number of aromatic amines is 1. The molecule has 112 valence electrons. The molecule has 6 nitrogen and oxygen atoms in total. The van der Waals surface area contributed by atoms with Crippen molar-refractivity contribution in [2.75, 3.05) is 31.9 Å². The van der Waals surface area contributed by atoms with E-state index in [9.17, 15) is 4.79 Å². The minimum Gasteiger partial charge on any atom is -0.395 e.